The van der Waals surface area contributed by atoms with E-state index in [1.807, 2.05) is 24.3 Å². The van der Waals surface area contributed by atoms with Gasteiger partial charge < -0.3 is 14.9 Å². The number of rotatable bonds is 2. The Morgan fingerprint density at radius 2 is 2.05 bits per heavy atom. The fourth-order valence-corrected chi connectivity index (χ4v) is 1.78. The monoisotopic (exact) mass is 251 g/mol. The van der Waals surface area contributed by atoms with Crippen molar-refractivity contribution >= 4 is 16.7 Å². The van der Waals surface area contributed by atoms with Crippen molar-refractivity contribution in [2.75, 3.05) is 5.73 Å². The summed E-state index contributed by atoms with van der Waals surface area (Å²) >= 11 is 0. The van der Waals surface area contributed by atoms with Gasteiger partial charge >= 0.3 is 0 Å². The van der Waals surface area contributed by atoms with Crippen LogP contribution in [0.1, 0.15) is 5.76 Å². The van der Waals surface area contributed by atoms with Crippen molar-refractivity contribution in [1.29, 1.82) is 5.26 Å². The fourth-order valence-electron chi connectivity index (χ4n) is 1.78. The number of ether oxygens (including phenoxy) is 1. The zero-order chi connectivity index (χ0) is 13.2. The van der Waals surface area contributed by atoms with Crippen LogP contribution in [-0.2, 0) is 0 Å². The number of para-hydroxylation sites is 1. The topological polar surface area (TPSA) is 85.1 Å². The lowest BCUT2D eigenvalue weighted by molar-refractivity contribution is 0.453. The maximum absolute atomic E-state index is 9.09. The predicted molar refractivity (Wildman–Crippen MR) is 69.7 cm³/mol. The highest BCUT2D eigenvalue weighted by Gasteiger charge is 2.17. The molecule has 1 aromatic carbocycles. The molecule has 3 rings (SSSR count). The molecule has 0 amide bonds. The minimum Gasteiger partial charge on any atom is -0.442 e. The van der Waals surface area contributed by atoms with Crippen molar-refractivity contribution in [2.45, 2.75) is 0 Å². The summed E-state index contributed by atoms with van der Waals surface area (Å²) in [5.74, 6) is 0.695. The summed E-state index contributed by atoms with van der Waals surface area (Å²) in [6.07, 6.45) is 1.57. The Bertz CT molecular complexity index is 787. The van der Waals surface area contributed by atoms with Gasteiger partial charge in [0.15, 0.2) is 5.75 Å². The molecule has 0 atom stereocenters. The first-order valence-corrected chi connectivity index (χ1v) is 5.59. The number of hydrogen-bond donors (Lipinski definition) is 1. The van der Waals surface area contributed by atoms with Gasteiger partial charge in [0.1, 0.15) is 11.7 Å². The molecule has 3 aromatic rings. The van der Waals surface area contributed by atoms with Crippen LogP contribution in [-0.4, -0.2) is 4.98 Å². The van der Waals surface area contributed by atoms with Crippen LogP contribution < -0.4 is 10.5 Å². The van der Waals surface area contributed by atoms with Gasteiger partial charge in [0.2, 0.25) is 11.6 Å². The van der Waals surface area contributed by atoms with Crippen LogP contribution in [0.4, 0.5) is 5.69 Å². The molecule has 92 valence electrons. The minimum atomic E-state index is 0.103. The highest BCUT2D eigenvalue weighted by molar-refractivity contribution is 5.86. The molecule has 2 heterocycles. The molecule has 2 aromatic heterocycles. The van der Waals surface area contributed by atoms with E-state index in [2.05, 4.69) is 4.98 Å². The summed E-state index contributed by atoms with van der Waals surface area (Å²) < 4.78 is 11.0. The molecule has 5 nitrogen and oxygen atoms in total. The number of nitrogens with zero attached hydrogens (tertiary/aromatic N) is 2. The first-order valence-electron chi connectivity index (χ1n) is 5.59. The second kappa shape index (κ2) is 4.35. The van der Waals surface area contributed by atoms with Gasteiger partial charge in [0, 0.05) is 6.20 Å². The first kappa shape index (κ1) is 11.1. The van der Waals surface area contributed by atoms with E-state index < -0.39 is 0 Å². The van der Waals surface area contributed by atoms with Crippen LogP contribution in [0, 0.1) is 11.3 Å². The van der Waals surface area contributed by atoms with E-state index in [9.17, 15) is 0 Å². The van der Waals surface area contributed by atoms with Crippen LogP contribution in [0.3, 0.4) is 0 Å². The molecule has 0 fully saturated rings. The van der Waals surface area contributed by atoms with Crippen molar-refractivity contribution in [1.82, 2.24) is 4.98 Å². The minimum absolute atomic E-state index is 0.103. The summed E-state index contributed by atoms with van der Waals surface area (Å²) in [5, 5.41) is 9.80. The lowest BCUT2D eigenvalue weighted by Gasteiger charge is -2.05. The van der Waals surface area contributed by atoms with E-state index in [1.165, 1.54) is 0 Å². The standard InChI is InChI=1S/C14H9N3O2/c15-8-12-13(9-4-1-2-6-11(9)18-12)19-14-10(16)5-3-7-17-14/h1-7H,16H2. The molecular weight excluding hydrogens is 242 g/mol. The quantitative estimate of drug-likeness (QED) is 0.756. The van der Waals surface area contributed by atoms with Gasteiger partial charge in [0.05, 0.1) is 11.1 Å². The van der Waals surface area contributed by atoms with Gasteiger partial charge in [-0.05, 0) is 24.3 Å². The summed E-state index contributed by atoms with van der Waals surface area (Å²) in [7, 11) is 0. The molecule has 0 aliphatic rings. The van der Waals surface area contributed by atoms with E-state index in [0.29, 0.717) is 22.4 Å². The third kappa shape index (κ3) is 1.85. The third-order valence-corrected chi connectivity index (χ3v) is 2.65. The van der Waals surface area contributed by atoms with Crippen molar-refractivity contribution in [3.8, 4) is 17.7 Å². The predicted octanol–water partition coefficient (Wildman–Crippen LogP) is 3.07. The van der Waals surface area contributed by atoms with Crippen molar-refractivity contribution in [3.05, 3.63) is 48.4 Å². The molecule has 0 unspecified atom stereocenters. The second-order valence-electron chi connectivity index (χ2n) is 3.87. The Kier molecular flexibility index (Phi) is 2.54. The Hall–Kier alpha value is -3.00. The van der Waals surface area contributed by atoms with Gasteiger partial charge in [-0.1, -0.05) is 12.1 Å². The van der Waals surface area contributed by atoms with E-state index >= 15 is 0 Å². The molecule has 0 saturated carbocycles. The molecule has 2 N–H and O–H groups in total. The lowest BCUT2D eigenvalue weighted by Crippen LogP contribution is -1.94. The average Bonchev–Trinajstić information content (AvgIpc) is 2.79. The van der Waals surface area contributed by atoms with Crippen molar-refractivity contribution in [3.63, 3.8) is 0 Å². The number of fused-ring (bicyclic) bond motifs is 1. The SMILES string of the molecule is N#Cc1oc2ccccc2c1Oc1ncccc1N. The molecule has 0 bridgehead atoms. The summed E-state index contributed by atoms with van der Waals surface area (Å²) in [4.78, 5) is 4.04. The lowest BCUT2D eigenvalue weighted by atomic mass is 10.2. The highest BCUT2D eigenvalue weighted by Crippen LogP contribution is 2.36. The normalized spacial score (nSPS) is 10.3. The van der Waals surface area contributed by atoms with E-state index in [1.54, 1.807) is 24.4 Å². The summed E-state index contributed by atoms with van der Waals surface area (Å²) in [6, 6.07) is 12.6. The number of hydrogen-bond acceptors (Lipinski definition) is 5. The molecular formula is C14H9N3O2. The Morgan fingerprint density at radius 3 is 2.84 bits per heavy atom. The number of benzene rings is 1. The molecule has 0 radical (unpaired) electrons. The summed E-state index contributed by atoms with van der Waals surface area (Å²) in [5.41, 5.74) is 6.76. The number of furan rings is 1. The molecule has 0 saturated heterocycles. The molecule has 0 spiro atoms. The number of nitrogen functional groups attached to an aromatic ring is 1. The van der Waals surface area contributed by atoms with Gasteiger partial charge in [-0.3, -0.25) is 0 Å². The second-order valence-corrected chi connectivity index (χ2v) is 3.87. The van der Waals surface area contributed by atoms with Gasteiger partial charge in [-0.2, -0.15) is 5.26 Å². The van der Waals surface area contributed by atoms with E-state index in [0.717, 1.165) is 0 Å². The maximum atomic E-state index is 9.09. The smallest absolute Gasteiger partial charge is 0.247 e. The van der Waals surface area contributed by atoms with E-state index in [4.69, 9.17) is 20.1 Å². The maximum Gasteiger partial charge on any atom is 0.247 e. The number of pyridine rings is 1. The summed E-state index contributed by atoms with van der Waals surface area (Å²) in [6.45, 7) is 0. The van der Waals surface area contributed by atoms with Crippen LogP contribution >= 0.6 is 0 Å². The van der Waals surface area contributed by atoms with Crippen LogP contribution in [0.15, 0.2) is 47.0 Å². The van der Waals surface area contributed by atoms with Crippen molar-refractivity contribution < 1.29 is 9.15 Å². The number of aromatic nitrogens is 1. The zero-order valence-electron chi connectivity index (χ0n) is 9.83. The van der Waals surface area contributed by atoms with Gasteiger partial charge in [-0.15, -0.1) is 0 Å². The molecule has 0 aliphatic carbocycles. The largest absolute Gasteiger partial charge is 0.442 e. The first-order chi connectivity index (χ1) is 9.29. The Morgan fingerprint density at radius 1 is 1.21 bits per heavy atom. The number of nitriles is 1. The third-order valence-electron chi connectivity index (χ3n) is 2.65. The van der Waals surface area contributed by atoms with Crippen LogP contribution in [0.2, 0.25) is 0 Å². The number of anilines is 1. The highest BCUT2D eigenvalue weighted by atomic mass is 16.5. The van der Waals surface area contributed by atoms with Gasteiger partial charge in [0.25, 0.3) is 0 Å². The van der Waals surface area contributed by atoms with E-state index in [-0.39, 0.29) is 11.6 Å². The Balaban J connectivity index is 2.15. The molecule has 0 aliphatic heterocycles. The fraction of sp³-hybridized carbons (Fsp3) is 0. The van der Waals surface area contributed by atoms with Gasteiger partial charge in [-0.25, -0.2) is 4.98 Å². The average molecular weight is 251 g/mol. The molecule has 5 heteroatoms. The van der Waals surface area contributed by atoms with Crippen LogP contribution in [0.25, 0.3) is 11.0 Å². The van der Waals surface area contributed by atoms with Crippen LogP contribution in [0.5, 0.6) is 11.6 Å². The zero-order valence-corrected chi connectivity index (χ0v) is 9.83. The number of nitrogens with two attached hydrogens (primary N) is 1. The Labute approximate surface area is 108 Å². The molecule has 19 heavy (non-hydrogen) atoms. The van der Waals surface area contributed by atoms with Crippen molar-refractivity contribution in [2.24, 2.45) is 0 Å².